The lowest BCUT2D eigenvalue weighted by Crippen LogP contribution is -2.12. The van der Waals surface area contributed by atoms with Crippen molar-refractivity contribution in [2.75, 3.05) is 0 Å². The zero-order valence-electron chi connectivity index (χ0n) is 10.00. The van der Waals surface area contributed by atoms with Gasteiger partial charge in [-0.15, -0.1) is 0 Å². The predicted octanol–water partition coefficient (Wildman–Crippen LogP) is 2.64. The maximum absolute atomic E-state index is 4.49. The molecule has 80 valence electrons. The molecule has 2 aromatic heterocycles. The van der Waals surface area contributed by atoms with Gasteiger partial charge in [0.25, 0.3) is 0 Å². The molecule has 0 aromatic carbocycles. The summed E-state index contributed by atoms with van der Waals surface area (Å²) in [6.45, 7) is 10.7. The first kappa shape index (κ1) is 10.1. The molecule has 0 aliphatic rings. The third-order valence-electron chi connectivity index (χ3n) is 2.53. The Labute approximate surface area is 90.1 Å². The molecular formula is C12H17N3. The van der Waals surface area contributed by atoms with E-state index in [9.17, 15) is 0 Å². The highest BCUT2D eigenvalue weighted by molar-refractivity contribution is 5.53. The zero-order valence-corrected chi connectivity index (χ0v) is 10.00. The van der Waals surface area contributed by atoms with E-state index in [1.54, 1.807) is 0 Å². The van der Waals surface area contributed by atoms with Crippen molar-refractivity contribution in [3.8, 4) is 0 Å². The lowest BCUT2D eigenvalue weighted by atomic mass is 9.87. The molecule has 2 rings (SSSR count). The van der Waals surface area contributed by atoms with Crippen LogP contribution in [-0.2, 0) is 5.41 Å². The second kappa shape index (κ2) is 3.05. The van der Waals surface area contributed by atoms with E-state index in [-0.39, 0.29) is 5.41 Å². The highest BCUT2D eigenvalue weighted by Crippen LogP contribution is 2.28. The molecule has 0 unspecified atom stereocenters. The average molecular weight is 203 g/mol. The molecule has 15 heavy (non-hydrogen) atoms. The minimum absolute atomic E-state index is 0.0914. The lowest BCUT2D eigenvalue weighted by Gasteiger charge is -2.17. The summed E-state index contributed by atoms with van der Waals surface area (Å²) in [5.41, 5.74) is 4.51. The molecule has 0 fully saturated rings. The van der Waals surface area contributed by atoms with Gasteiger partial charge in [-0.3, -0.25) is 0 Å². The minimum Gasteiger partial charge on any atom is -0.236 e. The topological polar surface area (TPSA) is 30.2 Å². The van der Waals surface area contributed by atoms with Gasteiger partial charge >= 0.3 is 0 Å². The third kappa shape index (κ3) is 1.62. The van der Waals surface area contributed by atoms with Crippen molar-refractivity contribution >= 4 is 5.65 Å². The Morgan fingerprint density at radius 1 is 1.20 bits per heavy atom. The van der Waals surface area contributed by atoms with Crippen LogP contribution in [-0.4, -0.2) is 14.6 Å². The summed E-state index contributed by atoms with van der Waals surface area (Å²) in [4.78, 5) is 4.47. The Balaban J connectivity index is 2.80. The third-order valence-corrected chi connectivity index (χ3v) is 2.53. The van der Waals surface area contributed by atoms with Crippen molar-refractivity contribution < 1.29 is 0 Å². The molecule has 0 N–H and O–H groups in total. The summed E-state index contributed by atoms with van der Waals surface area (Å²) in [5.74, 6) is 0. The van der Waals surface area contributed by atoms with E-state index in [1.165, 1.54) is 5.56 Å². The standard InChI is InChI=1S/C12H17N3/c1-8-6-13-11-10(12(3,4)5)9(2)14-15(11)7-8/h6-7H,1-5H3. The second-order valence-electron chi connectivity index (χ2n) is 5.11. The Hall–Kier alpha value is -1.38. The average Bonchev–Trinajstić information content (AvgIpc) is 2.38. The first-order valence-corrected chi connectivity index (χ1v) is 5.21. The summed E-state index contributed by atoms with van der Waals surface area (Å²) in [7, 11) is 0. The van der Waals surface area contributed by atoms with E-state index in [0.717, 1.165) is 16.9 Å². The van der Waals surface area contributed by atoms with Crippen molar-refractivity contribution in [2.45, 2.75) is 40.0 Å². The first-order valence-electron chi connectivity index (χ1n) is 5.21. The van der Waals surface area contributed by atoms with Crippen molar-refractivity contribution in [2.24, 2.45) is 0 Å². The minimum atomic E-state index is 0.0914. The van der Waals surface area contributed by atoms with Gasteiger partial charge in [0, 0.05) is 18.0 Å². The molecule has 0 amide bonds. The molecule has 3 heteroatoms. The largest absolute Gasteiger partial charge is 0.236 e. The zero-order chi connectivity index (χ0) is 11.2. The smallest absolute Gasteiger partial charge is 0.158 e. The number of fused-ring (bicyclic) bond motifs is 1. The van der Waals surface area contributed by atoms with Crippen LogP contribution in [0.15, 0.2) is 12.4 Å². The molecule has 0 saturated carbocycles. The van der Waals surface area contributed by atoms with Gasteiger partial charge in [-0.2, -0.15) is 5.10 Å². The van der Waals surface area contributed by atoms with Gasteiger partial charge < -0.3 is 0 Å². The Morgan fingerprint density at radius 3 is 2.47 bits per heavy atom. The van der Waals surface area contributed by atoms with Crippen LogP contribution in [0.5, 0.6) is 0 Å². The van der Waals surface area contributed by atoms with Crippen LogP contribution < -0.4 is 0 Å². The van der Waals surface area contributed by atoms with Crippen molar-refractivity contribution in [3.05, 3.63) is 29.2 Å². The molecule has 0 bridgehead atoms. The van der Waals surface area contributed by atoms with Crippen LogP contribution in [0.4, 0.5) is 0 Å². The van der Waals surface area contributed by atoms with Crippen LogP contribution in [0.1, 0.15) is 37.6 Å². The molecule has 0 atom stereocenters. The molecule has 0 radical (unpaired) electrons. The number of aryl methyl sites for hydroxylation is 2. The fourth-order valence-corrected chi connectivity index (χ4v) is 2.02. The lowest BCUT2D eigenvalue weighted by molar-refractivity contribution is 0.590. The summed E-state index contributed by atoms with van der Waals surface area (Å²) in [6.07, 6.45) is 3.91. The molecule has 0 spiro atoms. The fourth-order valence-electron chi connectivity index (χ4n) is 2.02. The van der Waals surface area contributed by atoms with E-state index >= 15 is 0 Å². The quantitative estimate of drug-likeness (QED) is 0.659. The number of nitrogens with zero attached hydrogens (tertiary/aromatic N) is 3. The number of hydrogen-bond acceptors (Lipinski definition) is 2. The highest BCUT2D eigenvalue weighted by atomic mass is 15.2. The normalized spacial score (nSPS) is 12.3. The maximum atomic E-state index is 4.49. The molecular weight excluding hydrogens is 186 g/mol. The van der Waals surface area contributed by atoms with Crippen molar-refractivity contribution in [1.82, 2.24) is 14.6 Å². The molecule has 3 nitrogen and oxygen atoms in total. The van der Waals surface area contributed by atoms with Crippen LogP contribution in [0.2, 0.25) is 0 Å². The number of aromatic nitrogens is 3. The SMILES string of the molecule is Cc1cnc2c(C(C)(C)C)c(C)nn2c1. The summed E-state index contributed by atoms with van der Waals surface area (Å²) >= 11 is 0. The van der Waals surface area contributed by atoms with Gasteiger partial charge in [0.1, 0.15) is 0 Å². The van der Waals surface area contributed by atoms with E-state index in [4.69, 9.17) is 0 Å². The summed E-state index contributed by atoms with van der Waals surface area (Å²) in [6, 6.07) is 0. The van der Waals surface area contributed by atoms with Crippen LogP contribution >= 0.6 is 0 Å². The van der Waals surface area contributed by atoms with Gasteiger partial charge in [-0.25, -0.2) is 9.50 Å². The van der Waals surface area contributed by atoms with Crippen molar-refractivity contribution in [3.63, 3.8) is 0 Å². The molecule has 0 saturated heterocycles. The molecule has 0 aliphatic heterocycles. The van der Waals surface area contributed by atoms with Crippen LogP contribution in [0, 0.1) is 13.8 Å². The van der Waals surface area contributed by atoms with Gasteiger partial charge in [0.2, 0.25) is 0 Å². The van der Waals surface area contributed by atoms with Gasteiger partial charge in [0.15, 0.2) is 5.65 Å². The Bertz CT molecular complexity index is 503. The molecule has 0 aliphatic carbocycles. The number of hydrogen-bond donors (Lipinski definition) is 0. The van der Waals surface area contributed by atoms with E-state index in [0.29, 0.717) is 0 Å². The van der Waals surface area contributed by atoms with Gasteiger partial charge in [-0.1, -0.05) is 20.8 Å². The van der Waals surface area contributed by atoms with E-state index in [1.807, 2.05) is 30.8 Å². The molecule has 2 heterocycles. The maximum Gasteiger partial charge on any atom is 0.158 e. The van der Waals surface area contributed by atoms with Crippen LogP contribution in [0.25, 0.3) is 5.65 Å². The monoisotopic (exact) mass is 203 g/mol. The second-order valence-corrected chi connectivity index (χ2v) is 5.11. The number of rotatable bonds is 0. The van der Waals surface area contributed by atoms with Crippen molar-refractivity contribution in [1.29, 1.82) is 0 Å². The molecule has 2 aromatic rings. The summed E-state index contributed by atoms with van der Waals surface area (Å²) < 4.78 is 1.88. The Kier molecular flexibility index (Phi) is 2.07. The first-order chi connectivity index (χ1) is 6.89. The highest BCUT2D eigenvalue weighted by Gasteiger charge is 2.23. The van der Waals surface area contributed by atoms with E-state index < -0.39 is 0 Å². The Morgan fingerprint density at radius 2 is 1.87 bits per heavy atom. The van der Waals surface area contributed by atoms with Crippen LogP contribution in [0.3, 0.4) is 0 Å². The van der Waals surface area contributed by atoms with Gasteiger partial charge in [0.05, 0.1) is 5.69 Å². The van der Waals surface area contributed by atoms with Gasteiger partial charge in [-0.05, 0) is 24.8 Å². The predicted molar refractivity (Wildman–Crippen MR) is 61.2 cm³/mol. The van der Waals surface area contributed by atoms with E-state index in [2.05, 4.69) is 30.9 Å². The summed E-state index contributed by atoms with van der Waals surface area (Å²) in [5, 5.41) is 4.49. The fraction of sp³-hybridized carbons (Fsp3) is 0.500.